The minimum Gasteiger partial charge on any atom is -0.143 e. The van der Waals surface area contributed by atoms with Gasteiger partial charge in [0.2, 0.25) is 0 Å². The van der Waals surface area contributed by atoms with Gasteiger partial charge in [0.15, 0.2) is 0 Å². The molecule has 11 heavy (non-hydrogen) atoms. The van der Waals surface area contributed by atoms with Crippen LogP contribution in [0.2, 0.25) is 0 Å². The van der Waals surface area contributed by atoms with E-state index in [1.165, 1.54) is 5.75 Å². The quantitative estimate of drug-likeness (QED) is 0.572. The summed E-state index contributed by atoms with van der Waals surface area (Å²) in [4.78, 5) is 0. The van der Waals surface area contributed by atoms with Crippen molar-refractivity contribution in [2.75, 3.05) is 5.75 Å². The van der Waals surface area contributed by atoms with Crippen LogP contribution in [0.4, 0.5) is 0 Å². The standard InChI is InChI=1S/C9H18S2/c1-7-6-10-9(5,11-7)8(2,3)4/h7H,6H2,1-5H3/t7-,9+/m1/s1. The van der Waals surface area contributed by atoms with Gasteiger partial charge in [0.25, 0.3) is 0 Å². The molecule has 1 fully saturated rings. The Labute approximate surface area is 78.9 Å². The third-order valence-corrected chi connectivity index (χ3v) is 6.70. The topological polar surface area (TPSA) is 0 Å². The number of rotatable bonds is 0. The van der Waals surface area contributed by atoms with Crippen molar-refractivity contribution in [3.8, 4) is 0 Å². The molecule has 2 heteroatoms. The molecule has 0 spiro atoms. The van der Waals surface area contributed by atoms with Crippen molar-refractivity contribution in [1.29, 1.82) is 0 Å². The van der Waals surface area contributed by atoms with Gasteiger partial charge in [-0.25, -0.2) is 0 Å². The zero-order chi connectivity index (χ0) is 8.70. The first kappa shape index (κ1) is 9.79. The van der Waals surface area contributed by atoms with Gasteiger partial charge in [0.1, 0.15) is 0 Å². The molecule has 0 nitrogen and oxygen atoms in total. The van der Waals surface area contributed by atoms with Crippen molar-refractivity contribution in [2.24, 2.45) is 5.41 Å². The van der Waals surface area contributed by atoms with Gasteiger partial charge in [0.05, 0.1) is 4.08 Å². The molecule has 1 aliphatic rings. The maximum atomic E-state index is 2.38. The van der Waals surface area contributed by atoms with Gasteiger partial charge in [-0.2, -0.15) is 0 Å². The maximum Gasteiger partial charge on any atom is 0.0634 e. The zero-order valence-corrected chi connectivity index (χ0v) is 9.73. The predicted octanol–water partition coefficient (Wildman–Crippen LogP) is 3.62. The summed E-state index contributed by atoms with van der Waals surface area (Å²) in [6, 6.07) is 0. The van der Waals surface area contributed by atoms with Crippen LogP contribution < -0.4 is 0 Å². The third-order valence-electron chi connectivity index (χ3n) is 2.38. The Hall–Kier alpha value is 0.700. The molecule has 66 valence electrons. The average Bonchev–Trinajstić information content (AvgIpc) is 2.10. The fraction of sp³-hybridized carbons (Fsp3) is 1.00. The molecule has 0 N–H and O–H groups in total. The SMILES string of the molecule is C[C@@H]1CS[C@](C)(C(C)(C)C)S1. The number of thioether (sulfide) groups is 2. The molecule has 1 aliphatic heterocycles. The monoisotopic (exact) mass is 190 g/mol. The summed E-state index contributed by atoms with van der Waals surface area (Å²) in [7, 11) is 0. The number of hydrogen-bond acceptors (Lipinski definition) is 2. The van der Waals surface area contributed by atoms with E-state index in [0.717, 1.165) is 5.25 Å². The first-order chi connectivity index (χ1) is 4.85. The van der Waals surface area contributed by atoms with Gasteiger partial charge in [-0.3, -0.25) is 0 Å². The van der Waals surface area contributed by atoms with E-state index in [4.69, 9.17) is 0 Å². The van der Waals surface area contributed by atoms with Gasteiger partial charge in [0, 0.05) is 11.0 Å². The summed E-state index contributed by atoms with van der Waals surface area (Å²) < 4.78 is 0.437. The summed E-state index contributed by atoms with van der Waals surface area (Å²) in [6.07, 6.45) is 0. The summed E-state index contributed by atoms with van der Waals surface area (Å²) in [5.41, 5.74) is 0.424. The summed E-state index contributed by atoms with van der Waals surface area (Å²) in [5, 5.41) is 0.837. The Morgan fingerprint density at radius 2 is 1.91 bits per heavy atom. The lowest BCUT2D eigenvalue weighted by molar-refractivity contribution is 0.386. The van der Waals surface area contributed by atoms with E-state index in [0.29, 0.717) is 9.49 Å². The van der Waals surface area contributed by atoms with Crippen LogP contribution in [-0.2, 0) is 0 Å². The fourth-order valence-corrected chi connectivity index (χ4v) is 4.67. The van der Waals surface area contributed by atoms with Crippen molar-refractivity contribution in [3.05, 3.63) is 0 Å². The summed E-state index contributed by atoms with van der Waals surface area (Å²) >= 11 is 4.26. The van der Waals surface area contributed by atoms with Crippen molar-refractivity contribution < 1.29 is 0 Å². The molecular weight excluding hydrogens is 172 g/mol. The van der Waals surface area contributed by atoms with Gasteiger partial charge < -0.3 is 0 Å². The molecule has 0 bridgehead atoms. The van der Waals surface area contributed by atoms with Crippen LogP contribution in [0.15, 0.2) is 0 Å². The molecule has 0 amide bonds. The van der Waals surface area contributed by atoms with E-state index >= 15 is 0 Å². The first-order valence-corrected chi connectivity index (χ1v) is 6.03. The highest BCUT2D eigenvalue weighted by Gasteiger charge is 2.43. The molecule has 0 aliphatic carbocycles. The second kappa shape index (κ2) is 2.88. The molecule has 1 rings (SSSR count). The zero-order valence-electron chi connectivity index (χ0n) is 8.10. The second-order valence-corrected chi connectivity index (χ2v) is 7.99. The second-order valence-electron chi connectivity index (χ2n) is 4.44. The lowest BCUT2D eigenvalue weighted by atomic mass is 9.92. The summed E-state index contributed by atoms with van der Waals surface area (Å²) in [5.74, 6) is 1.32. The van der Waals surface area contributed by atoms with Gasteiger partial charge in [-0.15, -0.1) is 23.5 Å². The minimum absolute atomic E-state index is 0.424. The van der Waals surface area contributed by atoms with Crippen LogP contribution in [0.1, 0.15) is 34.6 Å². The largest absolute Gasteiger partial charge is 0.143 e. The Morgan fingerprint density at radius 3 is 2.09 bits per heavy atom. The van der Waals surface area contributed by atoms with E-state index in [2.05, 4.69) is 58.1 Å². The molecular formula is C9H18S2. The van der Waals surface area contributed by atoms with Gasteiger partial charge >= 0.3 is 0 Å². The average molecular weight is 190 g/mol. The van der Waals surface area contributed by atoms with E-state index in [-0.39, 0.29) is 0 Å². The maximum absolute atomic E-state index is 2.38. The van der Waals surface area contributed by atoms with E-state index in [1.807, 2.05) is 0 Å². The minimum atomic E-state index is 0.424. The van der Waals surface area contributed by atoms with E-state index in [9.17, 15) is 0 Å². The van der Waals surface area contributed by atoms with Crippen molar-refractivity contribution in [1.82, 2.24) is 0 Å². The molecule has 0 unspecified atom stereocenters. The van der Waals surface area contributed by atoms with Crippen LogP contribution in [0.3, 0.4) is 0 Å². The third kappa shape index (κ3) is 1.89. The van der Waals surface area contributed by atoms with Crippen LogP contribution in [0, 0.1) is 5.41 Å². The van der Waals surface area contributed by atoms with Crippen LogP contribution in [0.5, 0.6) is 0 Å². The summed E-state index contributed by atoms with van der Waals surface area (Å²) in [6.45, 7) is 11.7. The van der Waals surface area contributed by atoms with Gasteiger partial charge in [-0.05, 0) is 12.3 Å². The van der Waals surface area contributed by atoms with E-state index in [1.54, 1.807) is 0 Å². The first-order valence-electron chi connectivity index (χ1n) is 4.17. The Kier molecular flexibility index (Phi) is 2.56. The molecule has 2 atom stereocenters. The highest BCUT2D eigenvalue weighted by atomic mass is 32.2. The Bertz CT molecular complexity index is 148. The Morgan fingerprint density at radius 1 is 1.36 bits per heavy atom. The van der Waals surface area contributed by atoms with Crippen LogP contribution >= 0.6 is 23.5 Å². The number of hydrogen-bond donors (Lipinski definition) is 0. The smallest absolute Gasteiger partial charge is 0.0634 e. The lowest BCUT2D eigenvalue weighted by Crippen LogP contribution is -2.31. The fourth-order valence-electron chi connectivity index (χ4n) is 1.12. The van der Waals surface area contributed by atoms with Gasteiger partial charge in [-0.1, -0.05) is 27.7 Å². The highest BCUT2D eigenvalue weighted by Crippen LogP contribution is 2.56. The van der Waals surface area contributed by atoms with Crippen molar-refractivity contribution in [3.63, 3.8) is 0 Å². The molecule has 1 saturated heterocycles. The van der Waals surface area contributed by atoms with Crippen molar-refractivity contribution in [2.45, 2.75) is 43.9 Å². The Balaban J connectivity index is 2.69. The van der Waals surface area contributed by atoms with E-state index < -0.39 is 0 Å². The van der Waals surface area contributed by atoms with Crippen molar-refractivity contribution >= 4 is 23.5 Å². The predicted molar refractivity (Wildman–Crippen MR) is 57.4 cm³/mol. The molecule has 0 radical (unpaired) electrons. The molecule has 1 heterocycles. The normalized spacial score (nSPS) is 39.5. The molecule has 0 saturated carbocycles. The molecule has 0 aromatic carbocycles. The highest BCUT2D eigenvalue weighted by molar-refractivity contribution is 8.21. The van der Waals surface area contributed by atoms with Crippen LogP contribution in [0.25, 0.3) is 0 Å². The molecule has 0 aromatic rings. The lowest BCUT2D eigenvalue weighted by Gasteiger charge is -2.37. The van der Waals surface area contributed by atoms with Crippen LogP contribution in [-0.4, -0.2) is 15.1 Å². The molecule has 0 aromatic heterocycles.